The van der Waals surface area contributed by atoms with Crippen LogP contribution in [0.2, 0.25) is 0 Å². The summed E-state index contributed by atoms with van der Waals surface area (Å²) >= 11 is 0. The molecule has 38 valence electrons. The lowest BCUT2D eigenvalue weighted by Crippen LogP contribution is -2.34. The molecule has 1 N–H and O–H groups in total. The first kappa shape index (κ1) is 5.92. The molecule has 0 heterocycles. The van der Waals surface area contributed by atoms with E-state index >= 15 is 0 Å². The number of quaternary nitrogens is 1. The summed E-state index contributed by atoms with van der Waals surface area (Å²) in [6.45, 7) is 2.69. The Hall–Kier alpha value is -0.0800. The molecule has 0 aromatic heterocycles. The van der Waals surface area contributed by atoms with Crippen molar-refractivity contribution in [3.63, 3.8) is 0 Å². The van der Waals surface area contributed by atoms with E-state index in [0.717, 1.165) is 6.54 Å². The number of rotatable bonds is 1. The number of hydrogen-bond acceptors (Lipinski definition) is 1. The molecule has 0 bridgehead atoms. The molecule has 0 spiro atoms. The van der Waals surface area contributed by atoms with Crippen LogP contribution in [0.5, 0.6) is 0 Å². The van der Waals surface area contributed by atoms with Crippen LogP contribution in [0.25, 0.3) is 0 Å². The number of hydrogen-bond donors (Lipinski definition) is 1. The average Bonchev–Trinajstić information content (AvgIpc) is 1.35. The Morgan fingerprint density at radius 2 is 1.67 bits per heavy atom. The molecule has 0 aliphatic heterocycles. The Bertz CT molecular complexity index is 37.3. The van der Waals surface area contributed by atoms with E-state index in [1.54, 1.807) is 14.1 Å². The van der Waals surface area contributed by atoms with Gasteiger partial charge in [-0.05, 0) is 6.92 Å². The second-order valence-electron chi connectivity index (χ2n) is 1.94. The molecule has 0 aromatic carbocycles. The van der Waals surface area contributed by atoms with Crippen LogP contribution in [-0.4, -0.2) is 30.5 Å². The van der Waals surface area contributed by atoms with Gasteiger partial charge in [-0.25, -0.2) is 5.21 Å². The zero-order valence-electron chi connectivity index (χ0n) is 4.60. The summed E-state index contributed by atoms with van der Waals surface area (Å²) in [5.41, 5.74) is 0. The monoisotopic (exact) mass is 90.1 g/mol. The van der Waals surface area contributed by atoms with E-state index in [1.165, 1.54) is 0 Å². The summed E-state index contributed by atoms with van der Waals surface area (Å²) in [4.78, 5) is 0. The minimum Gasteiger partial charge on any atom is -0.218 e. The molecule has 0 aliphatic carbocycles. The first-order valence-electron chi connectivity index (χ1n) is 2.12. The molecule has 6 heavy (non-hydrogen) atoms. The van der Waals surface area contributed by atoms with E-state index in [9.17, 15) is 0 Å². The SMILES string of the molecule is CC[N+](C)(C)O. The minimum absolute atomic E-state index is 0.0694. The fourth-order valence-electron chi connectivity index (χ4n) is 0. The maximum atomic E-state index is 8.76. The lowest BCUT2D eigenvalue weighted by atomic mass is 10.7. The topological polar surface area (TPSA) is 20.2 Å². The molecule has 0 aliphatic rings. The second kappa shape index (κ2) is 1.58. The fourth-order valence-corrected chi connectivity index (χ4v) is 0. The quantitative estimate of drug-likeness (QED) is 0.366. The van der Waals surface area contributed by atoms with Crippen molar-refractivity contribution in [3.05, 3.63) is 0 Å². The van der Waals surface area contributed by atoms with Crippen LogP contribution in [-0.2, 0) is 0 Å². The van der Waals surface area contributed by atoms with E-state index in [-0.39, 0.29) is 4.65 Å². The second-order valence-corrected chi connectivity index (χ2v) is 1.94. The van der Waals surface area contributed by atoms with Crippen LogP contribution in [0, 0.1) is 0 Å². The van der Waals surface area contributed by atoms with Gasteiger partial charge in [0.1, 0.15) is 6.54 Å². The summed E-state index contributed by atoms with van der Waals surface area (Å²) in [5.74, 6) is 0. The summed E-state index contributed by atoms with van der Waals surface area (Å²) in [5, 5.41) is 8.76. The van der Waals surface area contributed by atoms with Gasteiger partial charge in [-0.2, -0.15) is 4.65 Å². The lowest BCUT2D eigenvalue weighted by Gasteiger charge is -2.15. The predicted octanol–water partition coefficient (Wildman–Crippen LogP) is 0.472. The Balaban J connectivity index is 3.17. The first-order chi connectivity index (χ1) is 2.56. The third kappa shape index (κ3) is 3.92. The van der Waals surface area contributed by atoms with Gasteiger partial charge in [0.15, 0.2) is 0 Å². The average molecular weight is 90.1 g/mol. The lowest BCUT2D eigenvalue weighted by molar-refractivity contribution is -1.07. The van der Waals surface area contributed by atoms with Crippen LogP contribution in [0.4, 0.5) is 0 Å². The maximum absolute atomic E-state index is 8.76. The zero-order valence-corrected chi connectivity index (χ0v) is 4.60. The van der Waals surface area contributed by atoms with Crippen LogP contribution >= 0.6 is 0 Å². The molecule has 0 saturated carbocycles. The Morgan fingerprint density at radius 1 is 1.50 bits per heavy atom. The molecular weight excluding hydrogens is 78.0 g/mol. The zero-order chi connectivity index (χ0) is 5.21. The Labute approximate surface area is 38.6 Å². The molecule has 0 atom stereocenters. The summed E-state index contributed by atoms with van der Waals surface area (Å²) < 4.78 is 0.0694. The van der Waals surface area contributed by atoms with Gasteiger partial charge in [0.05, 0.1) is 14.1 Å². The van der Waals surface area contributed by atoms with Gasteiger partial charge in [-0.3, -0.25) is 0 Å². The molecule has 0 unspecified atom stereocenters. The third-order valence-electron chi connectivity index (χ3n) is 0.774. The highest BCUT2D eigenvalue weighted by molar-refractivity contribution is 3.99. The van der Waals surface area contributed by atoms with E-state index in [1.807, 2.05) is 6.92 Å². The van der Waals surface area contributed by atoms with Gasteiger partial charge in [-0.1, -0.05) is 0 Å². The van der Waals surface area contributed by atoms with Crippen molar-refractivity contribution in [2.24, 2.45) is 0 Å². The summed E-state index contributed by atoms with van der Waals surface area (Å²) in [6.07, 6.45) is 0. The molecule has 0 amide bonds. The van der Waals surface area contributed by atoms with Gasteiger partial charge in [-0.15, -0.1) is 0 Å². The molecule has 0 aromatic rings. The van der Waals surface area contributed by atoms with Crippen molar-refractivity contribution >= 4 is 0 Å². The first-order valence-corrected chi connectivity index (χ1v) is 2.12. The molecule has 2 heteroatoms. The third-order valence-corrected chi connectivity index (χ3v) is 0.774. The molecule has 2 nitrogen and oxygen atoms in total. The van der Waals surface area contributed by atoms with Gasteiger partial charge in [0, 0.05) is 0 Å². The van der Waals surface area contributed by atoms with Crippen LogP contribution in [0.15, 0.2) is 0 Å². The van der Waals surface area contributed by atoms with Gasteiger partial charge < -0.3 is 0 Å². The van der Waals surface area contributed by atoms with Crippen LogP contribution in [0.3, 0.4) is 0 Å². The molecule has 0 radical (unpaired) electrons. The highest BCUT2D eigenvalue weighted by Crippen LogP contribution is 1.82. The summed E-state index contributed by atoms with van der Waals surface area (Å²) in [6, 6.07) is 0. The van der Waals surface area contributed by atoms with Crippen molar-refractivity contribution in [2.75, 3.05) is 20.6 Å². The molecular formula is C4H12NO+. The van der Waals surface area contributed by atoms with E-state index < -0.39 is 0 Å². The highest BCUT2D eigenvalue weighted by Gasteiger charge is 2.02. The largest absolute Gasteiger partial charge is 0.218 e. The van der Waals surface area contributed by atoms with E-state index in [4.69, 9.17) is 5.21 Å². The van der Waals surface area contributed by atoms with Gasteiger partial charge in [0.25, 0.3) is 0 Å². The smallest absolute Gasteiger partial charge is 0.105 e. The standard InChI is InChI=1S/C4H12NO/c1-4-5(2,3)6/h6H,4H2,1-3H3/q+1. The van der Waals surface area contributed by atoms with Crippen molar-refractivity contribution < 1.29 is 9.85 Å². The van der Waals surface area contributed by atoms with E-state index in [2.05, 4.69) is 0 Å². The van der Waals surface area contributed by atoms with Gasteiger partial charge >= 0.3 is 0 Å². The Morgan fingerprint density at radius 3 is 1.67 bits per heavy atom. The van der Waals surface area contributed by atoms with Crippen LogP contribution in [0.1, 0.15) is 6.92 Å². The van der Waals surface area contributed by atoms with Gasteiger partial charge in [0.2, 0.25) is 0 Å². The number of nitrogens with zero attached hydrogens (tertiary/aromatic N) is 1. The van der Waals surface area contributed by atoms with Crippen molar-refractivity contribution in [1.29, 1.82) is 0 Å². The minimum atomic E-state index is 0.0694. The van der Waals surface area contributed by atoms with Crippen molar-refractivity contribution in [3.8, 4) is 0 Å². The molecule has 0 saturated heterocycles. The van der Waals surface area contributed by atoms with Crippen molar-refractivity contribution in [2.45, 2.75) is 6.92 Å². The van der Waals surface area contributed by atoms with E-state index in [0.29, 0.717) is 0 Å². The fraction of sp³-hybridized carbons (Fsp3) is 1.00. The Kier molecular flexibility index (Phi) is 1.56. The predicted molar refractivity (Wildman–Crippen MR) is 24.4 cm³/mol. The highest BCUT2D eigenvalue weighted by atomic mass is 16.5. The number of hydroxylamine groups is 3. The van der Waals surface area contributed by atoms with Crippen molar-refractivity contribution in [1.82, 2.24) is 0 Å². The van der Waals surface area contributed by atoms with Crippen LogP contribution < -0.4 is 0 Å². The molecule has 0 rings (SSSR count). The maximum Gasteiger partial charge on any atom is 0.105 e. The normalized spacial score (nSPS) is 12.0. The summed E-state index contributed by atoms with van der Waals surface area (Å²) in [7, 11) is 3.47. The molecule has 0 fully saturated rings.